The maximum Gasteiger partial charge on any atom is 0.123 e. The molecule has 1 aliphatic carbocycles. The van der Waals surface area contributed by atoms with Gasteiger partial charge >= 0.3 is 0 Å². The van der Waals surface area contributed by atoms with E-state index in [0.29, 0.717) is 18.5 Å². The van der Waals surface area contributed by atoms with E-state index in [1.807, 2.05) is 24.3 Å². The van der Waals surface area contributed by atoms with Gasteiger partial charge in [-0.1, -0.05) is 36.3 Å². The van der Waals surface area contributed by atoms with E-state index in [0.717, 1.165) is 35.6 Å². The predicted molar refractivity (Wildman–Crippen MR) is 122 cm³/mol. The summed E-state index contributed by atoms with van der Waals surface area (Å²) in [6.07, 6.45) is 5.36. The molecule has 0 bridgehead atoms. The Balaban J connectivity index is 1.28. The lowest BCUT2D eigenvalue weighted by molar-refractivity contribution is 0.101. The second kappa shape index (κ2) is 10.3. The minimum absolute atomic E-state index is 0.242. The third-order valence-electron chi connectivity index (χ3n) is 5.36. The molecule has 31 heavy (non-hydrogen) atoms. The molecule has 0 spiro atoms. The van der Waals surface area contributed by atoms with E-state index >= 15 is 0 Å². The van der Waals surface area contributed by atoms with E-state index in [2.05, 4.69) is 41.2 Å². The number of hydrogen-bond acceptors (Lipinski definition) is 3. The van der Waals surface area contributed by atoms with Crippen LogP contribution in [0.5, 0.6) is 0 Å². The van der Waals surface area contributed by atoms with Gasteiger partial charge in [-0.2, -0.15) is 0 Å². The van der Waals surface area contributed by atoms with Gasteiger partial charge in [0.05, 0.1) is 13.3 Å². The number of aromatic nitrogens is 1. The van der Waals surface area contributed by atoms with Crippen molar-refractivity contribution in [1.82, 2.24) is 10.3 Å². The molecule has 0 aliphatic heterocycles. The second-order valence-electron chi connectivity index (χ2n) is 8.15. The summed E-state index contributed by atoms with van der Waals surface area (Å²) >= 11 is 0. The number of pyridine rings is 1. The van der Waals surface area contributed by atoms with Gasteiger partial charge in [0.2, 0.25) is 0 Å². The SMILES string of the molecule is CC(Cc1ccc(C#Cc2ccc(-c3ccc(F)cc3)cn2)cc1)NCOCC1CC1. The van der Waals surface area contributed by atoms with Crippen LogP contribution in [0.3, 0.4) is 0 Å². The van der Waals surface area contributed by atoms with Gasteiger partial charge in [-0.25, -0.2) is 9.37 Å². The highest BCUT2D eigenvalue weighted by molar-refractivity contribution is 5.62. The molecule has 1 atom stereocenters. The first-order valence-electron chi connectivity index (χ1n) is 10.8. The normalized spacial score (nSPS) is 14.0. The predicted octanol–water partition coefficient (Wildman–Crippen LogP) is 5.19. The molecule has 4 heteroatoms. The Labute approximate surface area is 183 Å². The van der Waals surface area contributed by atoms with Gasteiger partial charge in [0.1, 0.15) is 11.5 Å². The Morgan fingerprint density at radius 2 is 1.74 bits per heavy atom. The van der Waals surface area contributed by atoms with Crippen LogP contribution in [-0.4, -0.2) is 24.4 Å². The van der Waals surface area contributed by atoms with Gasteiger partial charge in [-0.15, -0.1) is 0 Å². The van der Waals surface area contributed by atoms with E-state index < -0.39 is 0 Å². The first kappa shape index (κ1) is 21.2. The molecular formula is C27H27FN2O. The topological polar surface area (TPSA) is 34.2 Å². The largest absolute Gasteiger partial charge is 0.366 e. The monoisotopic (exact) mass is 414 g/mol. The third kappa shape index (κ3) is 6.75. The molecule has 0 amide bonds. The zero-order valence-corrected chi connectivity index (χ0v) is 17.8. The summed E-state index contributed by atoms with van der Waals surface area (Å²) in [7, 11) is 0. The molecule has 1 unspecified atom stereocenters. The number of hydrogen-bond donors (Lipinski definition) is 1. The molecule has 158 valence electrons. The van der Waals surface area contributed by atoms with E-state index in [1.165, 1.54) is 30.5 Å². The van der Waals surface area contributed by atoms with Crippen LogP contribution in [0.4, 0.5) is 4.39 Å². The van der Waals surface area contributed by atoms with Crippen molar-refractivity contribution in [3.8, 4) is 23.0 Å². The molecule has 4 rings (SSSR count). The molecule has 0 radical (unpaired) electrons. The zero-order valence-electron chi connectivity index (χ0n) is 17.8. The number of nitrogens with one attached hydrogen (secondary N) is 1. The Morgan fingerprint density at radius 1 is 1.00 bits per heavy atom. The second-order valence-corrected chi connectivity index (χ2v) is 8.15. The van der Waals surface area contributed by atoms with Crippen molar-refractivity contribution in [2.75, 3.05) is 13.3 Å². The van der Waals surface area contributed by atoms with Crippen molar-refractivity contribution in [2.24, 2.45) is 5.92 Å². The molecule has 1 aromatic heterocycles. The summed E-state index contributed by atoms with van der Waals surface area (Å²) in [5.74, 6) is 6.83. The zero-order chi connectivity index (χ0) is 21.5. The minimum atomic E-state index is -0.242. The van der Waals surface area contributed by atoms with Crippen LogP contribution in [-0.2, 0) is 11.2 Å². The summed E-state index contributed by atoms with van der Waals surface area (Å²) in [6, 6.07) is 18.9. The van der Waals surface area contributed by atoms with Gasteiger partial charge in [-0.3, -0.25) is 5.32 Å². The number of benzene rings is 2. The minimum Gasteiger partial charge on any atom is -0.366 e. The van der Waals surface area contributed by atoms with Crippen LogP contribution < -0.4 is 5.32 Å². The van der Waals surface area contributed by atoms with Crippen molar-refractivity contribution in [3.05, 3.63) is 89.5 Å². The van der Waals surface area contributed by atoms with Crippen molar-refractivity contribution in [2.45, 2.75) is 32.2 Å². The highest BCUT2D eigenvalue weighted by atomic mass is 19.1. The number of halogens is 1. The van der Waals surface area contributed by atoms with E-state index in [9.17, 15) is 4.39 Å². The molecule has 3 nitrogen and oxygen atoms in total. The molecule has 1 heterocycles. The lowest BCUT2D eigenvalue weighted by atomic mass is 10.1. The molecule has 1 N–H and O–H groups in total. The van der Waals surface area contributed by atoms with Crippen LogP contribution in [0.25, 0.3) is 11.1 Å². The molecule has 0 saturated heterocycles. The number of ether oxygens (including phenoxy) is 1. The van der Waals surface area contributed by atoms with Crippen LogP contribution >= 0.6 is 0 Å². The first-order valence-corrected chi connectivity index (χ1v) is 10.8. The fourth-order valence-electron chi connectivity index (χ4n) is 3.28. The van der Waals surface area contributed by atoms with Crippen LogP contribution in [0.1, 0.15) is 36.6 Å². The van der Waals surface area contributed by atoms with Crippen LogP contribution in [0.15, 0.2) is 66.9 Å². The Kier molecular flexibility index (Phi) is 7.09. The summed E-state index contributed by atoms with van der Waals surface area (Å²) in [6.45, 7) is 3.68. The Hall–Kier alpha value is -3.00. The summed E-state index contributed by atoms with van der Waals surface area (Å²) in [4.78, 5) is 4.41. The molecule has 3 aromatic rings. The highest BCUT2D eigenvalue weighted by Gasteiger charge is 2.20. The quantitative estimate of drug-likeness (QED) is 0.313. The third-order valence-corrected chi connectivity index (χ3v) is 5.36. The van der Waals surface area contributed by atoms with E-state index in [-0.39, 0.29) is 5.82 Å². The molecule has 1 fully saturated rings. The average Bonchev–Trinajstić information content (AvgIpc) is 3.62. The van der Waals surface area contributed by atoms with Crippen molar-refractivity contribution in [1.29, 1.82) is 0 Å². The van der Waals surface area contributed by atoms with Gasteiger partial charge in [-0.05, 0) is 79.5 Å². The Bertz CT molecular complexity index is 1030. The summed E-state index contributed by atoms with van der Waals surface area (Å²) in [5.41, 5.74) is 4.81. The number of rotatable bonds is 8. The maximum atomic E-state index is 13.1. The smallest absolute Gasteiger partial charge is 0.123 e. The number of nitrogens with zero attached hydrogens (tertiary/aromatic N) is 1. The molecular weight excluding hydrogens is 387 g/mol. The average molecular weight is 415 g/mol. The van der Waals surface area contributed by atoms with Crippen molar-refractivity contribution >= 4 is 0 Å². The lowest BCUT2D eigenvalue weighted by Crippen LogP contribution is -2.30. The first-order chi connectivity index (χ1) is 15.2. The molecule has 1 aliphatic rings. The fourth-order valence-corrected chi connectivity index (χ4v) is 3.28. The molecule has 2 aromatic carbocycles. The summed E-state index contributed by atoms with van der Waals surface area (Å²) in [5, 5.41) is 3.42. The maximum absolute atomic E-state index is 13.1. The standard InChI is InChI=1S/C27H27FN2O/c1-20(30-19-31-18-23-6-7-23)16-22-4-2-21(3-5-22)8-14-27-15-11-25(17-29-27)24-9-12-26(28)13-10-24/h2-5,9-13,15,17,20,23,30H,6-7,16,18-19H2,1H3. The van der Waals surface area contributed by atoms with Crippen molar-refractivity contribution in [3.63, 3.8) is 0 Å². The van der Waals surface area contributed by atoms with Crippen molar-refractivity contribution < 1.29 is 9.13 Å². The van der Waals surface area contributed by atoms with E-state index in [4.69, 9.17) is 4.74 Å². The highest BCUT2D eigenvalue weighted by Crippen LogP contribution is 2.28. The fraction of sp³-hybridized carbons (Fsp3) is 0.296. The van der Waals surface area contributed by atoms with Gasteiger partial charge < -0.3 is 4.74 Å². The summed E-state index contributed by atoms with van der Waals surface area (Å²) < 4.78 is 18.7. The Morgan fingerprint density at radius 3 is 2.42 bits per heavy atom. The lowest BCUT2D eigenvalue weighted by Gasteiger charge is -2.14. The van der Waals surface area contributed by atoms with Gasteiger partial charge in [0, 0.05) is 23.4 Å². The van der Waals surface area contributed by atoms with Crippen LogP contribution in [0.2, 0.25) is 0 Å². The molecule has 1 saturated carbocycles. The van der Waals surface area contributed by atoms with Crippen LogP contribution in [0, 0.1) is 23.6 Å². The van der Waals surface area contributed by atoms with Gasteiger partial charge in [0.15, 0.2) is 0 Å². The van der Waals surface area contributed by atoms with Gasteiger partial charge in [0.25, 0.3) is 0 Å². The van der Waals surface area contributed by atoms with E-state index in [1.54, 1.807) is 18.3 Å².